The Morgan fingerprint density at radius 1 is 1.15 bits per heavy atom. The molecular formula is C18H14Cl2N6O. The van der Waals surface area contributed by atoms with Crippen LogP contribution in [0.5, 0.6) is 0 Å². The van der Waals surface area contributed by atoms with Gasteiger partial charge in [-0.1, -0.05) is 23.2 Å². The monoisotopic (exact) mass is 400 g/mol. The molecule has 0 fully saturated rings. The maximum atomic E-state index is 12.7. The first kappa shape index (κ1) is 18.8. The van der Waals surface area contributed by atoms with Crippen molar-refractivity contribution < 1.29 is 4.79 Å². The highest BCUT2D eigenvalue weighted by atomic mass is 35.5. The van der Waals surface area contributed by atoms with E-state index in [1.54, 1.807) is 13.0 Å². The van der Waals surface area contributed by atoms with Crippen LogP contribution in [0.3, 0.4) is 0 Å². The van der Waals surface area contributed by atoms with Gasteiger partial charge in [-0.3, -0.25) is 4.79 Å². The average molecular weight is 401 g/mol. The highest BCUT2D eigenvalue weighted by Gasteiger charge is 2.22. The van der Waals surface area contributed by atoms with Gasteiger partial charge in [0, 0.05) is 16.4 Å². The van der Waals surface area contributed by atoms with Crippen molar-refractivity contribution in [3.8, 4) is 12.0 Å². The minimum Gasteiger partial charge on any atom is -0.305 e. The Labute approximate surface area is 165 Å². The molecule has 0 aliphatic carbocycles. The number of amides is 1. The predicted molar refractivity (Wildman–Crippen MR) is 102 cm³/mol. The van der Waals surface area contributed by atoms with Gasteiger partial charge in [0.25, 0.3) is 11.9 Å². The molecule has 0 aliphatic rings. The number of nitrogens with one attached hydrogen (secondary N) is 1. The van der Waals surface area contributed by atoms with Crippen LogP contribution in [0.1, 0.15) is 33.0 Å². The van der Waals surface area contributed by atoms with E-state index in [9.17, 15) is 10.1 Å². The van der Waals surface area contributed by atoms with Crippen molar-refractivity contribution in [1.82, 2.24) is 19.7 Å². The van der Waals surface area contributed by atoms with E-state index in [-0.39, 0.29) is 27.9 Å². The van der Waals surface area contributed by atoms with Crippen molar-refractivity contribution in [3.63, 3.8) is 0 Å². The summed E-state index contributed by atoms with van der Waals surface area (Å²) >= 11 is 12.0. The maximum absolute atomic E-state index is 12.7. The number of hydrogen-bond acceptors (Lipinski definition) is 5. The average Bonchev–Trinajstić information content (AvgIpc) is 2.89. The number of benzene rings is 1. The number of aryl methyl sites for hydroxylation is 3. The van der Waals surface area contributed by atoms with Gasteiger partial charge < -0.3 is 5.32 Å². The van der Waals surface area contributed by atoms with Crippen LogP contribution >= 0.6 is 23.2 Å². The van der Waals surface area contributed by atoms with Gasteiger partial charge in [0.15, 0.2) is 5.82 Å². The Hall–Kier alpha value is -2.95. The van der Waals surface area contributed by atoms with Gasteiger partial charge in [-0.05, 0) is 45.0 Å². The third-order valence-corrected chi connectivity index (χ3v) is 4.29. The van der Waals surface area contributed by atoms with Crippen molar-refractivity contribution >= 4 is 34.9 Å². The van der Waals surface area contributed by atoms with Crippen LogP contribution in [0.15, 0.2) is 24.3 Å². The lowest BCUT2D eigenvalue weighted by Crippen LogP contribution is -2.17. The van der Waals surface area contributed by atoms with E-state index in [0.29, 0.717) is 10.7 Å². The molecule has 0 unspecified atom stereocenters. The van der Waals surface area contributed by atoms with Crippen LogP contribution in [0.25, 0.3) is 5.95 Å². The van der Waals surface area contributed by atoms with Crippen LogP contribution < -0.4 is 5.32 Å². The Morgan fingerprint density at radius 2 is 1.81 bits per heavy atom. The smallest absolute Gasteiger partial charge is 0.258 e. The zero-order valence-electron chi connectivity index (χ0n) is 14.7. The summed E-state index contributed by atoms with van der Waals surface area (Å²) < 4.78 is 1.34. The van der Waals surface area contributed by atoms with Crippen LogP contribution in [-0.2, 0) is 0 Å². The topological polar surface area (TPSA) is 96.5 Å². The van der Waals surface area contributed by atoms with Crippen LogP contribution in [-0.4, -0.2) is 25.7 Å². The molecule has 27 heavy (non-hydrogen) atoms. The Bertz CT molecular complexity index is 1080. The number of rotatable bonds is 3. The van der Waals surface area contributed by atoms with E-state index in [1.165, 1.54) is 16.8 Å². The Balaban J connectivity index is 2.09. The van der Waals surface area contributed by atoms with Crippen LogP contribution in [0, 0.1) is 32.1 Å². The van der Waals surface area contributed by atoms with Crippen LogP contribution in [0.4, 0.5) is 5.82 Å². The second kappa shape index (κ2) is 7.35. The summed E-state index contributed by atoms with van der Waals surface area (Å²) in [6.45, 7) is 5.32. The van der Waals surface area contributed by atoms with Crippen molar-refractivity contribution in [2.45, 2.75) is 20.8 Å². The number of halogens is 2. The standard InChI is InChI=1S/C18H14Cl2N6O/c1-9-6-10(2)23-18(22-9)26-16(14(8-21)11(3)25-26)24-17(27)13-5-4-12(19)7-15(13)20/h4-7H,1-3H3,(H,24,27). The van der Waals surface area contributed by atoms with Gasteiger partial charge >= 0.3 is 0 Å². The number of aromatic nitrogens is 4. The quantitative estimate of drug-likeness (QED) is 0.715. The molecule has 0 saturated carbocycles. The number of carbonyl (C=O) groups is 1. The number of carbonyl (C=O) groups excluding carboxylic acids is 1. The highest BCUT2D eigenvalue weighted by Crippen LogP contribution is 2.25. The maximum Gasteiger partial charge on any atom is 0.258 e. The molecule has 136 valence electrons. The molecule has 0 radical (unpaired) electrons. The normalized spacial score (nSPS) is 10.5. The van der Waals surface area contributed by atoms with E-state index in [4.69, 9.17) is 23.2 Å². The summed E-state index contributed by atoms with van der Waals surface area (Å²) in [4.78, 5) is 21.4. The molecule has 1 amide bonds. The SMILES string of the molecule is Cc1cc(C)nc(-n2nc(C)c(C#N)c2NC(=O)c2ccc(Cl)cc2Cl)n1. The van der Waals surface area contributed by atoms with E-state index >= 15 is 0 Å². The zero-order chi connectivity index (χ0) is 19.7. The second-order valence-corrected chi connectivity index (χ2v) is 6.71. The fourth-order valence-corrected chi connectivity index (χ4v) is 3.07. The number of anilines is 1. The first-order valence-corrected chi connectivity index (χ1v) is 8.64. The fourth-order valence-electron chi connectivity index (χ4n) is 2.57. The molecule has 1 N–H and O–H groups in total. The summed E-state index contributed by atoms with van der Waals surface area (Å²) in [6.07, 6.45) is 0. The Morgan fingerprint density at radius 3 is 2.41 bits per heavy atom. The van der Waals surface area contributed by atoms with E-state index in [2.05, 4.69) is 26.5 Å². The Kier molecular flexibility index (Phi) is 5.13. The lowest BCUT2D eigenvalue weighted by molar-refractivity contribution is 0.102. The summed E-state index contributed by atoms with van der Waals surface area (Å²) in [7, 11) is 0. The molecule has 1 aromatic carbocycles. The first-order valence-electron chi connectivity index (χ1n) is 7.89. The van der Waals surface area contributed by atoms with Crippen molar-refractivity contribution in [1.29, 1.82) is 5.26 Å². The number of hydrogen-bond donors (Lipinski definition) is 1. The van der Waals surface area contributed by atoms with Gasteiger partial charge in [0.2, 0.25) is 0 Å². The van der Waals surface area contributed by atoms with Gasteiger partial charge in [-0.25, -0.2) is 9.97 Å². The fraction of sp³-hybridized carbons (Fsp3) is 0.167. The van der Waals surface area contributed by atoms with Gasteiger partial charge in [-0.2, -0.15) is 15.0 Å². The third kappa shape index (κ3) is 3.77. The summed E-state index contributed by atoms with van der Waals surface area (Å²) in [5.41, 5.74) is 2.36. The highest BCUT2D eigenvalue weighted by molar-refractivity contribution is 6.37. The van der Waals surface area contributed by atoms with Gasteiger partial charge in [-0.15, -0.1) is 0 Å². The molecule has 9 heteroatoms. The van der Waals surface area contributed by atoms with E-state index < -0.39 is 5.91 Å². The minimum atomic E-state index is -0.501. The van der Waals surface area contributed by atoms with Crippen molar-refractivity contribution in [3.05, 3.63) is 62.5 Å². The molecule has 0 spiro atoms. The minimum absolute atomic E-state index is 0.177. The molecule has 2 aromatic heterocycles. The molecule has 0 atom stereocenters. The zero-order valence-corrected chi connectivity index (χ0v) is 16.2. The third-order valence-electron chi connectivity index (χ3n) is 3.74. The predicted octanol–water partition coefficient (Wildman–Crippen LogP) is 4.02. The van der Waals surface area contributed by atoms with E-state index in [0.717, 1.165) is 11.4 Å². The molecule has 3 aromatic rings. The number of nitrogens with zero attached hydrogens (tertiary/aromatic N) is 5. The molecule has 0 saturated heterocycles. The molecule has 3 rings (SSSR count). The van der Waals surface area contributed by atoms with Gasteiger partial charge in [0.1, 0.15) is 11.6 Å². The van der Waals surface area contributed by atoms with E-state index in [1.807, 2.05) is 19.9 Å². The van der Waals surface area contributed by atoms with Crippen molar-refractivity contribution in [2.24, 2.45) is 0 Å². The van der Waals surface area contributed by atoms with Gasteiger partial charge in [0.05, 0.1) is 16.3 Å². The molecular weight excluding hydrogens is 387 g/mol. The second-order valence-electron chi connectivity index (χ2n) is 5.86. The molecule has 7 nitrogen and oxygen atoms in total. The lowest BCUT2D eigenvalue weighted by atomic mass is 10.2. The summed E-state index contributed by atoms with van der Waals surface area (Å²) in [5.74, 6) is -0.0655. The molecule has 0 bridgehead atoms. The summed E-state index contributed by atoms with van der Waals surface area (Å²) in [5, 5.41) is 17.1. The molecule has 2 heterocycles. The number of nitriles is 1. The van der Waals surface area contributed by atoms with Crippen LogP contribution in [0.2, 0.25) is 10.0 Å². The first-order chi connectivity index (χ1) is 12.8. The largest absolute Gasteiger partial charge is 0.305 e. The summed E-state index contributed by atoms with van der Waals surface area (Å²) in [6, 6.07) is 8.41. The van der Waals surface area contributed by atoms with Crippen molar-refractivity contribution in [2.75, 3.05) is 5.32 Å². The molecule has 0 aliphatic heterocycles. The lowest BCUT2D eigenvalue weighted by Gasteiger charge is -2.10.